The summed E-state index contributed by atoms with van der Waals surface area (Å²) in [5, 5.41) is 2.99. The van der Waals surface area contributed by atoms with E-state index in [9.17, 15) is 4.79 Å². The van der Waals surface area contributed by atoms with E-state index < -0.39 is 5.60 Å². The highest BCUT2D eigenvalue weighted by atomic mass is 16.5. The average Bonchev–Trinajstić information content (AvgIpc) is 2.66. The lowest BCUT2D eigenvalue weighted by atomic mass is 10.0. The van der Waals surface area contributed by atoms with Crippen molar-refractivity contribution in [2.45, 2.75) is 31.9 Å². The summed E-state index contributed by atoms with van der Waals surface area (Å²) in [7, 11) is 1.83. The number of aromatic amines is 1. The van der Waals surface area contributed by atoms with E-state index in [1.807, 2.05) is 14.0 Å². The van der Waals surface area contributed by atoms with Gasteiger partial charge >= 0.3 is 0 Å². The van der Waals surface area contributed by atoms with E-state index >= 15 is 0 Å². The Hall–Kier alpha value is -1.20. The molecule has 0 aromatic carbocycles. The molecule has 0 spiro atoms. The van der Waals surface area contributed by atoms with Crippen LogP contribution in [-0.2, 0) is 16.9 Å². The zero-order valence-corrected chi connectivity index (χ0v) is 9.67. The van der Waals surface area contributed by atoms with Gasteiger partial charge in [-0.3, -0.25) is 4.79 Å². The summed E-state index contributed by atoms with van der Waals surface area (Å²) in [6.07, 6.45) is 1.91. The van der Waals surface area contributed by atoms with Crippen LogP contribution in [0.4, 0.5) is 0 Å². The van der Waals surface area contributed by atoms with Gasteiger partial charge in [0.05, 0.1) is 5.69 Å². The second kappa shape index (κ2) is 4.35. The number of hydrogen-bond donors (Lipinski definition) is 2. The molecule has 88 valence electrons. The predicted octanol–water partition coefficient (Wildman–Crippen LogP) is 0.515. The first-order valence-corrected chi connectivity index (χ1v) is 5.53. The molecular formula is C11H17N3O2. The lowest BCUT2D eigenvalue weighted by Crippen LogP contribution is -2.28. The highest BCUT2D eigenvalue weighted by Crippen LogP contribution is 2.32. The number of hydrogen-bond acceptors (Lipinski definition) is 4. The first kappa shape index (κ1) is 11.3. The van der Waals surface area contributed by atoms with Crippen molar-refractivity contribution < 1.29 is 4.74 Å². The van der Waals surface area contributed by atoms with E-state index in [4.69, 9.17) is 4.74 Å². The minimum Gasteiger partial charge on any atom is -0.367 e. The first-order valence-electron chi connectivity index (χ1n) is 5.53. The molecule has 2 N–H and O–H groups in total. The van der Waals surface area contributed by atoms with E-state index in [0.29, 0.717) is 12.4 Å². The van der Waals surface area contributed by atoms with Gasteiger partial charge in [-0.15, -0.1) is 0 Å². The van der Waals surface area contributed by atoms with E-state index in [1.54, 1.807) is 0 Å². The number of nitrogens with one attached hydrogen (secondary N) is 2. The number of H-pyrrole nitrogens is 1. The molecule has 1 aromatic heterocycles. The molecule has 0 radical (unpaired) electrons. The summed E-state index contributed by atoms with van der Waals surface area (Å²) in [6.45, 7) is 3.30. The van der Waals surface area contributed by atoms with Gasteiger partial charge in [0, 0.05) is 19.2 Å². The topological polar surface area (TPSA) is 67.0 Å². The Morgan fingerprint density at radius 1 is 1.69 bits per heavy atom. The third-order valence-corrected chi connectivity index (χ3v) is 2.87. The summed E-state index contributed by atoms with van der Waals surface area (Å²) in [5.41, 5.74) is 0.202. The standard InChI is InChI=1S/C11H17N3O2/c1-11(4-3-5-16-11)10-13-8(7-12-2)6-9(15)14-10/h6,12H,3-5,7H2,1-2H3,(H,13,14,15). The first-order chi connectivity index (χ1) is 7.64. The van der Waals surface area contributed by atoms with Crippen LogP contribution in [0.25, 0.3) is 0 Å². The van der Waals surface area contributed by atoms with Crippen molar-refractivity contribution in [1.29, 1.82) is 0 Å². The third-order valence-electron chi connectivity index (χ3n) is 2.87. The van der Waals surface area contributed by atoms with Gasteiger partial charge in [0.25, 0.3) is 5.56 Å². The van der Waals surface area contributed by atoms with E-state index in [1.165, 1.54) is 6.07 Å². The van der Waals surface area contributed by atoms with Crippen molar-refractivity contribution in [2.75, 3.05) is 13.7 Å². The highest BCUT2D eigenvalue weighted by molar-refractivity contribution is 5.09. The van der Waals surface area contributed by atoms with Crippen molar-refractivity contribution >= 4 is 0 Å². The summed E-state index contributed by atoms with van der Waals surface area (Å²) in [6, 6.07) is 1.51. The van der Waals surface area contributed by atoms with Crippen LogP contribution in [0.1, 0.15) is 31.3 Å². The van der Waals surface area contributed by atoms with Crippen molar-refractivity contribution in [2.24, 2.45) is 0 Å². The molecule has 16 heavy (non-hydrogen) atoms. The minimum atomic E-state index is -0.428. The molecule has 5 heteroatoms. The monoisotopic (exact) mass is 223 g/mol. The van der Waals surface area contributed by atoms with E-state index in [2.05, 4.69) is 15.3 Å². The van der Waals surface area contributed by atoms with Crippen LogP contribution in [-0.4, -0.2) is 23.6 Å². The van der Waals surface area contributed by atoms with Crippen LogP contribution in [0.15, 0.2) is 10.9 Å². The SMILES string of the molecule is CNCc1cc(=O)[nH]c(C2(C)CCCO2)n1. The maximum Gasteiger partial charge on any atom is 0.251 e. The quantitative estimate of drug-likeness (QED) is 0.783. The van der Waals surface area contributed by atoms with E-state index in [0.717, 1.165) is 25.1 Å². The zero-order valence-electron chi connectivity index (χ0n) is 9.67. The Kier molecular flexibility index (Phi) is 3.07. The van der Waals surface area contributed by atoms with Crippen LogP contribution in [0.5, 0.6) is 0 Å². The molecule has 0 saturated carbocycles. The fourth-order valence-electron chi connectivity index (χ4n) is 2.00. The maximum atomic E-state index is 11.5. The summed E-state index contributed by atoms with van der Waals surface area (Å²) in [4.78, 5) is 18.7. The molecule has 0 aliphatic carbocycles. The number of aromatic nitrogens is 2. The second-order valence-corrected chi connectivity index (χ2v) is 4.30. The lowest BCUT2D eigenvalue weighted by molar-refractivity contribution is 0.00894. The average molecular weight is 223 g/mol. The summed E-state index contributed by atoms with van der Waals surface area (Å²) < 4.78 is 5.66. The van der Waals surface area contributed by atoms with Crippen LogP contribution in [0.2, 0.25) is 0 Å². The Morgan fingerprint density at radius 3 is 3.12 bits per heavy atom. The molecule has 1 unspecified atom stereocenters. The van der Waals surface area contributed by atoms with E-state index in [-0.39, 0.29) is 5.56 Å². The molecule has 2 rings (SSSR count). The molecule has 1 fully saturated rings. The molecule has 0 bridgehead atoms. The van der Waals surface area contributed by atoms with Crippen molar-refractivity contribution in [3.05, 3.63) is 27.9 Å². The van der Waals surface area contributed by atoms with Crippen LogP contribution >= 0.6 is 0 Å². The van der Waals surface area contributed by atoms with Gasteiger partial charge in [0.2, 0.25) is 0 Å². The Bertz CT molecular complexity index is 421. The van der Waals surface area contributed by atoms with Gasteiger partial charge in [-0.2, -0.15) is 0 Å². The molecule has 2 heterocycles. The van der Waals surface area contributed by atoms with Crippen LogP contribution < -0.4 is 10.9 Å². The highest BCUT2D eigenvalue weighted by Gasteiger charge is 2.34. The van der Waals surface area contributed by atoms with Gasteiger partial charge in [-0.1, -0.05) is 0 Å². The van der Waals surface area contributed by atoms with Gasteiger partial charge in [-0.05, 0) is 26.8 Å². The zero-order chi connectivity index (χ0) is 11.6. The molecule has 5 nitrogen and oxygen atoms in total. The number of nitrogens with zero attached hydrogens (tertiary/aromatic N) is 1. The second-order valence-electron chi connectivity index (χ2n) is 4.30. The van der Waals surface area contributed by atoms with Crippen molar-refractivity contribution in [3.63, 3.8) is 0 Å². The Morgan fingerprint density at radius 2 is 2.50 bits per heavy atom. The Balaban J connectivity index is 2.36. The minimum absolute atomic E-state index is 0.119. The largest absolute Gasteiger partial charge is 0.367 e. The van der Waals surface area contributed by atoms with Crippen molar-refractivity contribution in [1.82, 2.24) is 15.3 Å². The predicted molar refractivity (Wildman–Crippen MR) is 60.2 cm³/mol. The third kappa shape index (κ3) is 2.15. The molecule has 0 amide bonds. The summed E-state index contributed by atoms with van der Waals surface area (Å²) >= 11 is 0. The molecule has 1 saturated heterocycles. The molecule has 1 aliphatic rings. The fourth-order valence-corrected chi connectivity index (χ4v) is 2.00. The Labute approximate surface area is 94.2 Å². The van der Waals surface area contributed by atoms with Gasteiger partial charge in [0.1, 0.15) is 11.4 Å². The van der Waals surface area contributed by atoms with Gasteiger partial charge < -0.3 is 15.0 Å². The molecule has 1 aromatic rings. The van der Waals surface area contributed by atoms with Crippen LogP contribution in [0, 0.1) is 0 Å². The number of ether oxygens (including phenoxy) is 1. The van der Waals surface area contributed by atoms with Gasteiger partial charge in [-0.25, -0.2) is 4.98 Å². The van der Waals surface area contributed by atoms with Crippen LogP contribution in [0.3, 0.4) is 0 Å². The lowest BCUT2D eigenvalue weighted by Gasteiger charge is -2.22. The summed E-state index contributed by atoms with van der Waals surface area (Å²) in [5.74, 6) is 0.641. The molecule has 1 aliphatic heterocycles. The van der Waals surface area contributed by atoms with Gasteiger partial charge in [0.15, 0.2) is 0 Å². The maximum absolute atomic E-state index is 11.5. The smallest absolute Gasteiger partial charge is 0.251 e. The normalized spacial score (nSPS) is 24.9. The van der Waals surface area contributed by atoms with Crippen molar-refractivity contribution in [3.8, 4) is 0 Å². The molecule has 1 atom stereocenters. The number of rotatable bonds is 3. The fraction of sp³-hybridized carbons (Fsp3) is 0.636. The molecular weight excluding hydrogens is 206 g/mol.